The van der Waals surface area contributed by atoms with Gasteiger partial charge in [0.1, 0.15) is 6.10 Å². The van der Waals surface area contributed by atoms with Crippen LogP contribution >= 0.6 is 22.6 Å². The van der Waals surface area contributed by atoms with Crippen molar-refractivity contribution < 1.29 is 9.53 Å². The first kappa shape index (κ1) is 14.8. The quantitative estimate of drug-likeness (QED) is 0.411. The molecule has 1 aromatic carbocycles. The number of hydrogen-bond acceptors (Lipinski definition) is 2. The molecule has 0 spiro atoms. The van der Waals surface area contributed by atoms with E-state index in [2.05, 4.69) is 28.7 Å². The van der Waals surface area contributed by atoms with Gasteiger partial charge in [-0.15, -0.1) is 0 Å². The first-order chi connectivity index (χ1) is 9.31. The van der Waals surface area contributed by atoms with Crippen LogP contribution in [0.3, 0.4) is 0 Å². The summed E-state index contributed by atoms with van der Waals surface area (Å²) in [6.07, 6.45) is 8.20. The van der Waals surface area contributed by atoms with Crippen LogP contribution in [-0.2, 0) is 11.2 Å². The topological polar surface area (TPSA) is 26.3 Å². The second kappa shape index (κ2) is 7.88. The van der Waals surface area contributed by atoms with Crippen molar-refractivity contribution in [3.8, 4) is 0 Å². The van der Waals surface area contributed by atoms with Gasteiger partial charge in [0, 0.05) is 4.43 Å². The summed E-state index contributed by atoms with van der Waals surface area (Å²) >= 11 is 2.31. The third-order valence-corrected chi connectivity index (χ3v) is 4.64. The number of benzene rings is 1. The number of alkyl halides is 1. The van der Waals surface area contributed by atoms with E-state index in [1.807, 2.05) is 18.2 Å². The lowest BCUT2D eigenvalue weighted by Crippen LogP contribution is -2.21. The minimum Gasteiger partial charge on any atom is -0.458 e. The molecule has 3 heteroatoms. The molecular weight excluding hydrogens is 351 g/mol. The summed E-state index contributed by atoms with van der Waals surface area (Å²) in [6, 6.07) is 7.88. The summed E-state index contributed by atoms with van der Waals surface area (Å²) in [5.74, 6) is -0.141. The van der Waals surface area contributed by atoms with E-state index in [9.17, 15) is 4.79 Å². The fourth-order valence-electron chi connectivity index (χ4n) is 2.54. The zero-order valence-electron chi connectivity index (χ0n) is 11.2. The van der Waals surface area contributed by atoms with E-state index in [0.29, 0.717) is 0 Å². The number of carbonyl (C=O) groups is 1. The van der Waals surface area contributed by atoms with Crippen LogP contribution in [0.1, 0.15) is 54.4 Å². The Hall–Kier alpha value is -0.580. The van der Waals surface area contributed by atoms with E-state index in [1.54, 1.807) is 0 Å². The predicted molar refractivity (Wildman–Crippen MR) is 85.9 cm³/mol. The van der Waals surface area contributed by atoms with E-state index < -0.39 is 0 Å². The summed E-state index contributed by atoms with van der Waals surface area (Å²) in [5.41, 5.74) is 1.90. The third-order valence-electron chi connectivity index (χ3n) is 3.66. The number of esters is 1. The third kappa shape index (κ3) is 4.48. The first-order valence-corrected chi connectivity index (χ1v) is 8.68. The highest BCUT2D eigenvalue weighted by Crippen LogP contribution is 2.19. The Bertz CT molecular complexity index is 417. The SMILES string of the molecule is O=C1OC(CI)CCCCCCCc2ccccc21. The van der Waals surface area contributed by atoms with E-state index in [-0.39, 0.29) is 12.1 Å². The Balaban J connectivity index is 2.17. The van der Waals surface area contributed by atoms with Gasteiger partial charge in [0.25, 0.3) is 0 Å². The molecule has 1 aliphatic rings. The normalized spacial score (nSPS) is 21.7. The Kier molecular flexibility index (Phi) is 6.14. The number of carbonyl (C=O) groups excluding carboxylic acids is 1. The van der Waals surface area contributed by atoms with Gasteiger partial charge in [-0.25, -0.2) is 4.79 Å². The van der Waals surface area contributed by atoms with Gasteiger partial charge in [-0.1, -0.05) is 60.1 Å². The van der Waals surface area contributed by atoms with Crippen molar-refractivity contribution in [1.29, 1.82) is 0 Å². The Morgan fingerprint density at radius 2 is 1.84 bits per heavy atom. The molecule has 2 nitrogen and oxygen atoms in total. The second-order valence-electron chi connectivity index (χ2n) is 5.15. The number of aryl methyl sites for hydroxylation is 1. The lowest BCUT2D eigenvalue weighted by atomic mass is 9.99. The Labute approximate surface area is 129 Å². The Morgan fingerprint density at radius 1 is 1.11 bits per heavy atom. The monoisotopic (exact) mass is 372 g/mol. The lowest BCUT2D eigenvalue weighted by molar-refractivity contribution is 0.0333. The van der Waals surface area contributed by atoms with Crippen molar-refractivity contribution in [2.24, 2.45) is 0 Å². The average molecular weight is 372 g/mol. The highest BCUT2D eigenvalue weighted by Gasteiger charge is 2.17. The van der Waals surface area contributed by atoms with Crippen molar-refractivity contribution >= 4 is 28.6 Å². The maximum Gasteiger partial charge on any atom is 0.338 e. The number of hydrogen-bond donors (Lipinski definition) is 0. The van der Waals surface area contributed by atoms with E-state index >= 15 is 0 Å². The highest BCUT2D eigenvalue weighted by molar-refractivity contribution is 14.1. The minimum atomic E-state index is -0.141. The van der Waals surface area contributed by atoms with Gasteiger partial charge in [-0.3, -0.25) is 0 Å². The zero-order chi connectivity index (χ0) is 13.5. The van der Waals surface area contributed by atoms with Gasteiger partial charge in [0.2, 0.25) is 0 Å². The molecule has 0 aromatic heterocycles. The molecule has 0 saturated carbocycles. The molecule has 0 radical (unpaired) electrons. The van der Waals surface area contributed by atoms with Gasteiger partial charge >= 0.3 is 5.97 Å². The average Bonchev–Trinajstić information content (AvgIpc) is 2.43. The molecule has 19 heavy (non-hydrogen) atoms. The van der Waals surface area contributed by atoms with Crippen LogP contribution in [0.5, 0.6) is 0 Å². The smallest absolute Gasteiger partial charge is 0.338 e. The fraction of sp³-hybridized carbons (Fsp3) is 0.562. The molecule has 1 atom stereocenters. The summed E-state index contributed by atoms with van der Waals surface area (Å²) in [5, 5.41) is 0. The van der Waals surface area contributed by atoms with Crippen LogP contribution in [0.25, 0.3) is 0 Å². The molecule has 0 fully saturated rings. The van der Waals surface area contributed by atoms with Crippen LogP contribution in [-0.4, -0.2) is 16.5 Å². The van der Waals surface area contributed by atoms with Crippen molar-refractivity contribution in [3.63, 3.8) is 0 Å². The van der Waals surface area contributed by atoms with Gasteiger partial charge < -0.3 is 4.74 Å². The van der Waals surface area contributed by atoms with Gasteiger partial charge in [-0.05, 0) is 37.3 Å². The van der Waals surface area contributed by atoms with E-state index in [4.69, 9.17) is 4.74 Å². The Morgan fingerprint density at radius 3 is 2.68 bits per heavy atom. The molecule has 1 heterocycles. The molecular formula is C16H21IO2. The first-order valence-electron chi connectivity index (χ1n) is 7.16. The predicted octanol–water partition coefficient (Wildman–Crippen LogP) is 4.54. The maximum atomic E-state index is 12.3. The molecule has 1 aromatic rings. The molecule has 104 valence electrons. The van der Waals surface area contributed by atoms with E-state index in [1.165, 1.54) is 32.1 Å². The zero-order valence-corrected chi connectivity index (χ0v) is 13.4. The van der Waals surface area contributed by atoms with Crippen LogP contribution in [0, 0.1) is 0 Å². The minimum absolute atomic E-state index is 0.0700. The number of halogens is 1. The summed E-state index contributed by atoms with van der Waals surface area (Å²) < 4.78 is 6.53. The van der Waals surface area contributed by atoms with Crippen molar-refractivity contribution in [2.75, 3.05) is 4.43 Å². The standard InChI is InChI=1S/C16H21IO2/c17-12-14-10-5-3-1-2-4-8-13-9-6-7-11-15(13)16(18)19-14/h6-7,9,11,14H,1-5,8,10,12H2. The van der Waals surface area contributed by atoms with E-state index in [0.717, 1.165) is 28.4 Å². The molecule has 0 bridgehead atoms. The molecule has 0 N–H and O–H groups in total. The number of ether oxygens (including phenoxy) is 1. The number of rotatable bonds is 1. The van der Waals surface area contributed by atoms with Gasteiger partial charge in [0.05, 0.1) is 5.56 Å². The van der Waals surface area contributed by atoms with Crippen LogP contribution in [0.2, 0.25) is 0 Å². The van der Waals surface area contributed by atoms with Gasteiger partial charge in [0.15, 0.2) is 0 Å². The van der Waals surface area contributed by atoms with Crippen molar-refractivity contribution in [3.05, 3.63) is 35.4 Å². The molecule has 1 aliphatic heterocycles. The van der Waals surface area contributed by atoms with Crippen LogP contribution in [0.15, 0.2) is 24.3 Å². The summed E-state index contributed by atoms with van der Waals surface area (Å²) in [7, 11) is 0. The van der Waals surface area contributed by atoms with Crippen LogP contribution in [0.4, 0.5) is 0 Å². The fourth-order valence-corrected chi connectivity index (χ4v) is 3.16. The second-order valence-corrected chi connectivity index (χ2v) is 6.03. The number of fused-ring (bicyclic) bond motifs is 1. The summed E-state index contributed by atoms with van der Waals surface area (Å²) in [6.45, 7) is 0. The lowest BCUT2D eigenvalue weighted by Gasteiger charge is -2.18. The molecule has 0 saturated heterocycles. The highest BCUT2D eigenvalue weighted by atomic mass is 127. The molecule has 2 rings (SSSR count). The summed E-state index contributed by atoms with van der Waals surface area (Å²) in [4.78, 5) is 12.3. The largest absolute Gasteiger partial charge is 0.458 e. The molecule has 0 aliphatic carbocycles. The van der Waals surface area contributed by atoms with Crippen molar-refractivity contribution in [2.45, 2.75) is 51.0 Å². The van der Waals surface area contributed by atoms with Crippen molar-refractivity contribution in [1.82, 2.24) is 0 Å². The molecule has 0 amide bonds. The number of cyclic esters (lactones) is 1. The van der Waals surface area contributed by atoms with Crippen LogP contribution < -0.4 is 0 Å². The van der Waals surface area contributed by atoms with Gasteiger partial charge in [-0.2, -0.15) is 0 Å². The maximum absolute atomic E-state index is 12.3. The molecule has 1 unspecified atom stereocenters.